The Morgan fingerprint density at radius 1 is 1.09 bits per heavy atom. The summed E-state index contributed by atoms with van der Waals surface area (Å²) in [7, 11) is -2.39. The number of carboxylic acid groups (broad SMARTS) is 2. The van der Waals surface area contributed by atoms with Crippen molar-refractivity contribution in [2.45, 2.75) is 11.8 Å². The number of anilines is 1. The van der Waals surface area contributed by atoms with Crippen LogP contribution in [0.15, 0.2) is 53.4 Å². The minimum atomic E-state index is -3.87. The van der Waals surface area contributed by atoms with E-state index in [-0.39, 0.29) is 21.2 Å². The summed E-state index contributed by atoms with van der Waals surface area (Å²) >= 11 is 0.918. The van der Waals surface area contributed by atoms with Crippen molar-refractivity contribution in [2.75, 3.05) is 18.4 Å². The molecule has 9 nitrogen and oxygen atoms in total. The molecule has 11 heteroatoms. The van der Waals surface area contributed by atoms with Gasteiger partial charge in [-0.15, -0.1) is 11.3 Å². The molecule has 3 rings (SSSR count). The average molecular weight is 478 g/mol. The van der Waals surface area contributed by atoms with E-state index in [1.165, 1.54) is 31.4 Å². The molecule has 0 atom stereocenters. The van der Waals surface area contributed by atoms with E-state index in [0.717, 1.165) is 11.3 Å². The second kappa shape index (κ2) is 9.28. The molecule has 3 aromatic rings. The van der Waals surface area contributed by atoms with Crippen molar-refractivity contribution in [1.82, 2.24) is 0 Å². The van der Waals surface area contributed by atoms with Gasteiger partial charge in [0.25, 0.3) is 10.0 Å². The van der Waals surface area contributed by atoms with Crippen LogP contribution in [0.25, 0.3) is 10.4 Å². The standard InChI is InChI=1S/C21H19NO8S2/c1-12-18(30-11-17(23)24)20(21(25)26)31-19(12)13-4-3-5-14(10-13)22-32(27,28)16-8-6-15(29-2)7-9-16/h3-10,22H,11H2,1-2H3,(H,23,24)(H,25,26). The fourth-order valence-electron chi connectivity index (χ4n) is 2.92. The molecule has 0 fully saturated rings. The molecule has 1 aromatic heterocycles. The Balaban J connectivity index is 1.94. The lowest BCUT2D eigenvalue weighted by Crippen LogP contribution is -2.12. The SMILES string of the molecule is COc1ccc(S(=O)(=O)Nc2cccc(-c3sc(C(=O)O)c(OCC(=O)O)c3C)c2)cc1. The smallest absolute Gasteiger partial charge is 0.349 e. The van der Waals surface area contributed by atoms with Crippen molar-refractivity contribution >= 4 is 39.0 Å². The minimum Gasteiger partial charge on any atom is -0.497 e. The van der Waals surface area contributed by atoms with E-state index in [1.807, 2.05) is 0 Å². The van der Waals surface area contributed by atoms with Gasteiger partial charge in [-0.25, -0.2) is 18.0 Å². The van der Waals surface area contributed by atoms with Gasteiger partial charge >= 0.3 is 11.9 Å². The van der Waals surface area contributed by atoms with Gasteiger partial charge in [0.05, 0.1) is 12.0 Å². The summed E-state index contributed by atoms with van der Waals surface area (Å²) in [4.78, 5) is 22.9. The Morgan fingerprint density at radius 2 is 1.78 bits per heavy atom. The van der Waals surface area contributed by atoms with Crippen LogP contribution in [0, 0.1) is 6.92 Å². The lowest BCUT2D eigenvalue weighted by atomic mass is 10.1. The van der Waals surface area contributed by atoms with Gasteiger partial charge in [0.1, 0.15) is 11.5 Å². The number of aliphatic carboxylic acids is 1. The lowest BCUT2D eigenvalue weighted by Gasteiger charge is -2.10. The number of benzene rings is 2. The molecule has 0 aliphatic carbocycles. The van der Waals surface area contributed by atoms with Crippen LogP contribution in [0.1, 0.15) is 15.2 Å². The number of ether oxygens (including phenoxy) is 2. The van der Waals surface area contributed by atoms with Crippen molar-refractivity contribution in [1.29, 1.82) is 0 Å². The molecular weight excluding hydrogens is 458 g/mol. The molecule has 0 unspecified atom stereocenters. The molecule has 0 saturated carbocycles. The molecule has 32 heavy (non-hydrogen) atoms. The molecule has 168 valence electrons. The number of nitrogens with one attached hydrogen (secondary N) is 1. The second-order valence-electron chi connectivity index (χ2n) is 6.56. The Morgan fingerprint density at radius 3 is 2.38 bits per heavy atom. The number of rotatable bonds is 9. The quantitative estimate of drug-likeness (QED) is 0.424. The molecule has 0 spiro atoms. The summed E-state index contributed by atoms with van der Waals surface area (Å²) < 4.78 is 38.1. The van der Waals surface area contributed by atoms with Crippen molar-refractivity contribution in [3.05, 3.63) is 59.0 Å². The molecule has 1 heterocycles. The van der Waals surface area contributed by atoms with Crippen LogP contribution in [0.3, 0.4) is 0 Å². The normalized spacial score (nSPS) is 11.1. The highest BCUT2D eigenvalue weighted by Gasteiger charge is 2.23. The van der Waals surface area contributed by atoms with Gasteiger partial charge in [-0.05, 0) is 48.9 Å². The second-order valence-corrected chi connectivity index (χ2v) is 9.27. The molecule has 0 aliphatic rings. The maximum atomic E-state index is 12.7. The van der Waals surface area contributed by atoms with Gasteiger partial charge in [-0.3, -0.25) is 4.72 Å². The number of hydrogen-bond donors (Lipinski definition) is 3. The number of aromatic carboxylic acids is 1. The number of thiophene rings is 1. The van der Waals surface area contributed by atoms with Crippen LogP contribution in [0.5, 0.6) is 11.5 Å². The summed E-state index contributed by atoms with van der Waals surface area (Å²) in [5, 5.41) is 18.3. The fourth-order valence-corrected chi connectivity index (χ4v) is 5.05. The number of sulfonamides is 1. The van der Waals surface area contributed by atoms with Crippen LogP contribution < -0.4 is 14.2 Å². The van der Waals surface area contributed by atoms with E-state index in [1.54, 1.807) is 31.2 Å². The van der Waals surface area contributed by atoms with Crippen LogP contribution in [0.2, 0.25) is 0 Å². The van der Waals surface area contributed by atoms with Crippen LogP contribution >= 0.6 is 11.3 Å². The Bertz CT molecular complexity index is 1260. The van der Waals surface area contributed by atoms with E-state index in [4.69, 9.17) is 14.6 Å². The zero-order valence-electron chi connectivity index (χ0n) is 17.0. The highest BCUT2D eigenvalue weighted by Crippen LogP contribution is 2.42. The highest BCUT2D eigenvalue weighted by molar-refractivity contribution is 7.92. The molecule has 0 saturated heterocycles. The Kier molecular flexibility index (Phi) is 6.70. The zero-order chi connectivity index (χ0) is 23.5. The third-order valence-corrected chi connectivity index (χ3v) is 7.08. The molecule has 0 amide bonds. The van der Waals surface area contributed by atoms with Gasteiger partial charge in [0, 0.05) is 16.1 Å². The molecular formula is C21H19NO8S2. The van der Waals surface area contributed by atoms with E-state index in [9.17, 15) is 23.1 Å². The van der Waals surface area contributed by atoms with Gasteiger partial charge in [-0.1, -0.05) is 12.1 Å². The van der Waals surface area contributed by atoms with E-state index in [0.29, 0.717) is 21.8 Å². The fraction of sp³-hybridized carbons (Fsp3) is 0.143. The lowest BCUT2D eigenvalue weighted by molar-refractivity contribution is -0.139. The van der Waals surface area contributed by atoms with Crippen molar-refractivity contribution in [2.24, 2.45) is 0 Å². The summed E-state index contributed by atoms with van der Waals surface area (Å²) in [6.45, 7) is 0.933. The van der Waals surface area contributed by atoms with Crippen molar-refractivity contribution in [3.8, 4) is 21.9 Å². The number of carboxylic acids is 2. The first-order valence-electron chi connectivity index (χ1n) is 9.11. The maximum Gasteiger partial charge on any atom is 0.349 e. The van der Waals surface area contributed by atoms with Crippen LogP contribution in [-0.4, -0.2) is 44.3 Å². The Labute approximate surface area is 187 Å². The molecule has 0 aliphatic heterocycles. The topological polar surface area (TPSA) is 139 Å². The summed E-state index contributed by atoms with van der Waals surface area (Å²) in [6.07, 6.45) is 0. The third-order valence-electron chi connectivity index (χ3n) is 4.37. The summed E-state index contributed by atoms with van der Waals surface area (Å²) in [5.74, 6) is -1.98. The largest absolute Gasteiger partial charge is 0.497 e. The van der Waals surface area contributed by atoms with Gasteiger partial charge in [0.2, 0.25) is 0 Å². The van der Waals surface area contributed by atoms with Crippen molar-refractivity contribution < 1.29 is 37.7 Å². The minimum absolute atomic E-state index is 0.0240. The van der Waals surface area contributed by atoms with Gasteiger partial charge < -0.3 is 19.7 Å². The van der Waals surface area contributed by atoms with Crippen LogP contribution in [-0.2, 0) is 14.8 Å². The average Bonchev–Trinajstić information content (AvgIpc) is 3.08. The predicted octanol–water partition coefficient (Wildman–Crippen LogP) is 3.69. The van der Waals surface area contributed by atoms with Gasteiger partial charge in [-0.2, -0.15) is 0 Å². The Hall–Kier alpha value is -3.57. The highest BCUT2D eigenvalue weighted by atomic mass is 32.2. The molecule has 0 radical (unpaired) electrons. The summed E-state index contributed by atoms with van der Waals surface area (Å²) in [5.41, 5.74) is 1.27. The first kappa shape index (κ1) is 23.1. The molecule has 2 aromatic carbocycles. The van der Waals surface area contributed by atoms with E-state index >= 15 is 0 Å². The number of carbonyl (C=O) groups is 2. The predicted molar refractivity (Wildman–Crippen MR) is 118 cm³/mol. The zero-order valence-corrected chi connectivity index (χ0v) is 18.6. The number of hydrogen-bond acceptors (Lipinski definition) is 7. The van der Waals surface area contributed by atoms with Crippen LogP contribution in [0.4, 0.5) is 5.69 Å². The van der Waals surface area contributed by atoms with E-state index in [2.05, 4.69) is 4.72 Å². The molecule has 0 bridgehead atoms. The third kappa shape index (κ3) is 5.01. The molecule has 3 N–H and O–H groups in total. The monoisotopic (exact) mass is 477 g/mol. The van der Waals surface area contributed by atoms with E-state index < -0.39 is 28.6 Å². The first-order chi connectivity index (χ1) is 15.1. The van der Waals surface area contributed by atoms with Crippen molar-refractivity contribution in [3.63, 3.8) is 0 Å². The first-order valence-corrected chi connectivity index (χ1v) is 11.4. The summed E-state index contributed by atoms with van der Waals surface area (Å²) in [6, 6.07) is 12.3. The van der Waals surface area contributed by atoms with Gasteiger partial charge in [0.15, 0.2) is 11.5 Å². The maximum absolute atomic E-state index is 12.7. The number of methoxy groups -OCH3 is 1.